The van der Waals surface area contributed by atoms with Gasteiger partial charge in [0.1, 0.15) is 0 Å². The highest BCUT2D eigenvalue weighted by Crippen LogP contribution is 2.38. The van der Waals surface area contributed by atoms with E-state index in [1.807, 2.05) is 0 Å². The summed E-state index contributed by atoms with van der Waals surface area (Å²) in [7, 11) is 0. The van der Waals surface area contributed by atoms with Crippen LogP contribution in [-0.2, 0) is 11.2 Å². The van der Waals surface area contributed by atoms with E-state index in [1.54, 1.807) is 11.3 Å². The van der Waals surface area contributed by atoms with E-state index in [2.05, 4.69) is 28.1 Å². The molecule has 2 heterocycles. The largest absolute Gasteiger partial charge is 0.378 e. The van der Waals surface area contributed by atoms with Gasteiger partial charge in [0.2, 0.25) is 0 Å². The predicted octanol–water partition coefficient (Wildman–Crippen LogP) is 2.94. The highest BCUT2D eigenvalue weighted by molar-refractivity contribution is 7.09. The van der Waals surface area contributed by atoms with Gasteiger partial charge in [-0.3, -0.25) is 0 Å². The van der Waals surface area contributed by atoms with Gasteiger partial charge in [0.25, 0.3) is 0 Å². The van der Waals surface area contributed by atoms with Crippen LogP contribution >= 0.6 is 11.3 Å². The smallest absolute Gasteiger partial charge is 0.315 e. The van der Waals surface area contributed by atoms with E-state index in [1.165, 1.54) is 17.7 Å². The number of ether oxygens (including phenoxy) is 1. The number of thiophene rings is 1. The summed E-state index contributed by atoms with van der Waals surface area (Å²) in [5.74, 6) is 0.753. The van der Waals surface area contributed by atoms with Crippen molar-refractivity contribution in [2.45, 2.75) is 50.7 Å². The number of hydrogen-bond acceptors (Lipinski definition) is 3. The molecule has 2 fully saturated rings. The maximum Gasteiger partial charge on any atom is 0.315 e. The molecule has 1 aromatic rings. The molecule has 116 valence electrons. The number of rotatable bonds is 6. The van der Waals surface area contributed by atoms with Crippen LogP contribution in [0.15, 0.2) is 17.5 Å². The number of carbonyl (C=O) groups excluding carboxylic acids is 1. The second-order valence-corrected chi connectivity index (χ2v) is 7.08. The van der Waals surface area contributed by atoms with Gasteiger partial charge in [-0.15, -0.1) is 11.3 Å². The monoisotopic (exact) mass is 308 g/mol. The average Bonchev–Trinajstić information content (AvgIpc) is 3.21. The predicted molar refractivity (Wildman–Crippen MR) is 84.7 cm³/mol. The number of urea groups is 1. The molecule has 4 nitrogen and oxygen atoms in total. The molecule has 1 aliphatic heterocycles. The quantitative estimate of drug-likeness (QED) is 0.794. The summed E-state index contributed by atoms with van der Waals surface area (Å²) in [6.07, 6.45) is 6.92. The fourth-order valence-electron chi connectivity index (χ4n) is 2.91. The molecule has 2 aliphatic rings. The topological polar surface area (TPSA) is 50.4 Å². The molecule has 0 unspecified atom stereocenters. The highest BCUT2D eigenvalue weighted by atomic mass is 32.1. The molecule has 0 aromatic carbocycles. The maximum atomic E-state index is 11.9. The van der Waals surface area contributed by atoms with Gasteiger partial charge in [-0.05, 0) is 55.9 Å². The van der Waals surface area contributed by atoms with Gasteiger partial charge < -0.3 is 15.4 Å². The average molecular weight is 308 g/mol. The Morgan fingerprint density at radius 2 is 2.29 bits per heavy atom. The highest BCUT2D eigenvalue weighted by Gasteiger charge is 2.36. The second kappa shape index (κ2) is 7.27. The zero-order valence-corrected chi connectivity index (χ0v) is 13.2. The lowest BCUT2D eigenvalue weighted by atomic mass is 10.0. The Balaban J connectivity index is 1.30. The molecule has 1 saturated heterocycles. The Kier molecular flexibility index (Phi) is 5.14. The summed E-state index contributed by atoms with van der Waals surface area (Å²) in [5.41, 5.74) is 0. The van der Waals surface area contributed by atoms with Crippen molar-refractivity contribution in [1.82, 2.24) is 10.6 Å². The third-order valence-corrected chi connectivity index (χ3v) is 5.20. The summed E-state index contributed by atoms with van der Waals surface area (Å²) < 4.78 is 5.78. The number of aryl methyl sites for hydroxylation is 1. The molecule has 2 amide bonds. The number of carbonyl (C=O) groups is 1. The molecule has 2 N–H and O–H groups in total. The van der Waals surface area contributed by atoms with Crippen molar-refractivity contribution in [3.05, 3.63) is 22.4 Å². The molecule has 1 saturated carbocycles. The van der Waals surface area contributed by atoms with E-state index < -0.39 is 0 Å². The molecule has 1 aliphatic carbocycles. The lowest BCUT2D eigenvalue weighted by Gasteiger charge is -2.30. The van der Waals surface area contributed by atoms with E-state index in [0.29, 0.717) is 6.10 Å². The lowest BCUT2D eigenvalue weighted by molar-refractivity contribution is -0.00913. The van der Waals surface area contributed by atoms with Crippen molar-refractivity contribution in [1.29, 1.82) is 0 Å². The minimum atomic E-state index is -0.0253. The maximum absolute atomic E-state index is 11.9. The van der Waals surface area contributed by atoms with Gasteiger partial charge in [-0.25, -0.2) is 4.79 Å². The fourth-order valence-corrected chi connectivity index (χ4v) is 3.66. The van der Waals surface area contributed by atoms with Crippen LogP contribution in [0.4, 0.5) is 4.79 Å². The first-order chi connectivity index (χ1) is 10.3. The molecular weight excluding hydrogens is 284 g/mol. The van der Waals surface area contributed by atoms with Gasteiger partial charge in [0.15, 0.2) is 0 Å². The van der Waals surface area contributed by atoms with Crippen molar-refractivity contribution in [3.63, 3.8) is 0 Å². The SMILES string of the molecule is O=C(NCCCc1cccs1)N[C@H]1CCO[C@@H](C2CC2)C1. The first kappa shape index (κ1) is 14.9. The van der Waals surface area contributed by atoms with E-state index in [9.17, 15) is 4.79 Å². The van der Waals surface area contributed by atoms with E-state index >= 15 is 0 Å². The third-order valence-electron chi connectivity index (χ3n) is 4.26. The van der Waals surface area contributed by atoms with Gasteiger partial charge in [-0.1, -0.05) is 6.07 Å². The van der Waals surface area contributed by atoms with Crippen LogP contribution in [-0.4, -0.2) is 31.3 Å². The molecule has 0 bridgehead atoms. The van der Waals surface area contributed by atoms with Crippen molar-refractivity contribution in [2.75, 3.05) is 13.2 Å². The Morgan fingerprint density at radius 1 is 1.38 bits per heavy atom. The van der Waals surface area contributed by atoms with Crippen LogP contribution in [0.5, 0.6) is 0 Å². The Labute approximate surface area is 130 Å². The van der Waals surface area contributed by atoms with Crippen molar-refractivity contribution in [2.24, 2.45) is 5.92 Å². The first-order valence-electron chi connectivity index (χ1n) is 7.99. The summed E-state index contributed by atoms with van der Waals surface area (Å²) in [5, 5.41) is 8.16. The molecule has 5 heteroatoms. The Bertz CT molecular complexity index is 445. The van der Waals surface area contributed by atoms with Gasteiger partial charge in [-0.2, -0.15) is 0 Å². The molecule has 2 atom stereocenters. The van der Waals surface area contributed by atoms with Crippen molar-refractivity contribution >= 4 is 17.4 Å². The molecule has 0 spiro atoms. The lowest BCUT2D eigenvalue weighted by Crippen LogP contribution is -2.46. The molecule has 21 heavy (non-hydrogen) atoms. The Morgan fingerprint density at radius 3 is 3.05 bits per heavy atom. The van der Waals surface area contributed by atoms with E-state index in [4.69, 9.17) is 4.74 Å². The second-order valence-electron chi connectivity index (χ2n) is 6.05. The van der Waals surface area contributed by atoms with Gasteiger partial charge in [0, 0.05) is 24.1 Å². The molecule has 0 radical (unpaired) electrons. The molecular formula is C16H24N2O2S. The summed E-state index contributed by atoms with van der Waals surface area (Å²) in [4.78, 5) is 13.3. The van der Waals surface area contributed by atoms with E-state index in [0.717, 1.165) is 44.8 Å². The molecule has 3 rings (SSSR count). The fraction of sp³-hybridized carbons (Fsp3) is 0.688. The van der Waals surface area contributed by atoms with Crippen LogP contribution in [0.3, 0.4) is 0 Å². The van der Waals surface area contributed by atoms with Crippen LogP contribution in [0.1, 0.15) is 37.0 Å². The van der Waals surface area contributed by atoms with Crippen LogP contribution < -0.4 is 10.6 Å². The summed E-state index contributed by atoms with van der Waals surface area (Å²) >= 11 is 1.78. The normalized spacial score (nSPS) is 25.5. The van der Waals surface area contributed by atoms with Crippen molar-refractivity contribution < 1.29 is 9.53 Å². The Hall–Kier alpha value is -1.07. The van der Waals surface area contributed by atoms with E-state index in [-0.39, 0.29) is 12.1 Å². The third kappa shape index (κ3) is 4.71. The molecule has 1 aromatic heterocycles. The number of hydrogen-bond donors (Lipinski definition) is 2. The minimum Gasteiger partial charge on any atom is -0.378 e. The summed E-state index contributed by atoms with van der Waals surface area (Å²) in [6, 6.07) is 4.47. The summed E-state index contributed by atoms with van der Waals surface area (Å²) in [6.45, 7) is 1.52. The first-order valence-corrected chi connectivity index (χ1v) is 8.87. The van der Waals surface area contributed by atoms with Gasteiger partial charge >= 0.3 is 6.03 Å². The van der Waals surface area contributed by atoms with Crippen molar-refractivity contribution in [3.8, 4) is 0 Å². The van der Waals surface area contributed by atoms with Crippen LogP contribution in [0.2, 0.25) is 0 Å². The van der Waals surface area contributed by atoms with Gasteiger partial charge in [0.05, 0.1) is 6.10 Å². The zero-order valence-electron chi connectivity index (χ0n) is 12.3. The number of nitrogens with one attached hydrogen (secondary N) is 2. The standard InChI is InChI=1S/C16H24N2O2S/c19-16(17-8-1-3-14-4-2-10-21-14)18-13-7-9-20-15(11-13)12-5-6-12/h2,4,10,12-13,15H,1,3,5-9,11H2,(H2,17,18,19)/t13-,15+/m0/s1. The van der Waals surface area contributed by atoms with Crippen LogP contribution in [0, 0.1) is 5.92 Å². The zero-order chi connectivity index (χ0) is 14.5. The minimum absolute atomic E-state index is 0.0253. The van der Waals surface area contributed by atoms with Crippen LogP contribution in [0.25, 0.3) is 0 Å². The number of amides is 2.